The molecule has 0 aliphatic rings. The molecule has 2 heteroatoms. The van der Waals surface area contributed by atoms with E-state index in [4.69, 9.17) is 5.73 Å². The van der Waals surface area contributed by atoms with Crippen LogP contribution in [0.1, 0.15) is 63.6 Å². The van der Waals surface area contributed by atoms with Crippen molar-refractivity contribution in [2.45, 2.75) is 57.9 Å². The molecule has 0 spiro atoms. The summed E-state index contributed by atoms with van der Waals surface area (Å²) in [7, 11) is 0. The second-order valence-corrected chi connectivity index (χ2v) is 5.59. The van der Waals surface area contributed by atoms with Crippen molar-refractivity contribution in [3.05, 3.63) is 42.1 Å². The third-order valence-corrected chi connectivity index (χ3v) is 3.87. The summed E-state index contributed by atoms with van der Waals surface area (Å²) in [6, 6.07) is 12.5. The van der Waals surface area contributed by atoms with Crippen LogP contribution >= 0.6 is 0 Å². The van der Waals surface area contributed by atoms with Crippen LogP contribution in [0.15, 0.2) is 36.4 Å². The monoisotopic (exact) mass is 270 g/mol. The van der Waals surface area contributed by atoms with Crippen LogP contribution in [-0.2, 0) is 0 Å². The van der Waals surface area contributed by atoms with Crippen LogP contribution < -0.4 is 5.73 Å². The Balaban J connectivity index is 1.83. The van der Waals surface area contributed by atoms with Gasteiger partial charge in [0.1, 0.15) is 0 Å². The maximum Gasteiger partial charge on any atom is 0.0706 e. The molecule has 2 rings (SSSR count). The molecular formula is C18H26N2. The number of rotatable bonds is 8. The number of unbranched alkanes of at least 4 members (excludes halogenated alkanes) is 5. The molecule has 1 aromatic carbocycles. The van der Waals surface area contributed by atoms with Gasteiger partial charge in [-0.15, -0.1) is 0 Å². The van der Waals surface area contributed by atoms with E-state index in [1.807, 2.05) is 12.1 Å². The van der Waals surface area contributed by atoms with E-state index >= 15 is 0 Å². The largest absolute Gasteiger partial charge is 0.323 e. The van der Waals surface area contributed by atoms with Gasteiger partial charge < -0.3 is 5.73 Å². The Morgan fingerprint density at radius 3 is 2.55 bits per heavy atom. The summed E-state index contributed by atoms with van der Waals surface area (Å²) in [5.41, 5.74) is 8.33. The molecule has 0 bridgehead atoms. The average Bonchev–Trinajstić information content (AvgIpc) is 2.50. The number of benzene rings is 1. The molecule has 20 heavy (non-hydrogen) atoms. The second-order valence-electron chi connectivity index (χ2n) is 5.59. The highest BCUT2D eigenvalue weighted by Gasteiger charge is 2.07. The maximum absolute atomic E-state index is 6.26. The van der Waals surface area contributed by atoms with E-state index in [1.54, 1.807) is 0 Å². The summed E-state index contributed by atoms with van der Waals surface area (Å²) < 4.78 is 0. The first kappa shape index (κ1) is 15.0. The minimum absolute atomic E-state index is 0.0748. The van der Waals surface area contributed by atoms with Crippen molar-refractivity contribution >= 4 is 10.9 Å². The van der Waals surface area contributed by atoms with Crippen molar-refractivity contribution in [1.82, 2.24) is 4.98 Å². The van der Waals surface area contributed by atoms with Crippen molar-refractivity contribution in [3.8, 4) is 0 Å². The Bertz CT molecular complexity index is 522. The Morgan fingerprint density at radius 1 is 0.950 bits per heavy atom. The molecule has 0 aliphatic heterocycles. The predicted octanol–water partition coefficient (Wildman–Crippen LogP) is 4.99. The summed E-state index contributed by atoms with van der Waals surface area (Å²) in [5, 5.41) is 1.18. The molecule has 1 unspecified atom stereocenters. The highest BCUT2D eigenvalue weighted by Crippen LogP contribution is 2.19. The number of pyridine rings is 1. The molecule has 2 aromatic rings. The lowest BCUT2D eigenvalue weighted by Crippen LogP contribution is -2.11. The fourth-order valence-electron chi connectivity index (χ4n) is 2.58. The van der Waals surface area contributed by atoms with Gasteiger partial charge in [-0.05, 0) is 18.6 Å². The third-order valence-electron chi connectivity index (χ3n) is 3.87. The second kappa shape index (κ2) is 8.01. The van der Waals surface area contributed by atoms with Crippen LogP contribution in [0.2, 0.25) is 0 Å². The van der Waals surface area contributed by atoms with E-state index in [9.17, 15) is 0 Å². The van der Waals surface area contributed by atoms with Gasteiger partial charge in [0, 0.05) is 11.4 Å². The predicted molar refractivity (Wildman–Crippen MR) is 86.7 cm³/mol. The van der Waals surface area contributed by atoms with Crippen LogP contribution in [0.25, 0.3) is 10.9 Å². The average molecular weight is 270 g/mol. The van der Waals surface area contributed by atoms with Gasteiger partial charge in [0.05, 0.1) is 11.2 Å². The molecule has 1 atom stereocenters. The van der Waals surface area contributed by atoms with E-state index in [-0.39, 0.29) is 6.04 Å². The van der Waals surface area contributed by atoms with Crippen LogP contribution in [0.3, 0.4) is 0 Å². The van der Waals surface area contributed by atoms with Gasteiger partial charge in [-0.2, -0.15) is 0 Å². The van der Waals surface area contributed by atoms with E-state index in [1.165, 1.54) is 43.9 Å². The molecule has 2 N–H and O–H groups in total. The van der Waals surface area contributed by atoms with Crippen molar-refractivity contribution < 1.29 is 0 Å². The van der Waals surface area contributed by atoms with Gasteiger partial charge >= 0.3 is 0 Å². The van der Waals surface area contributed by atoms with Gasteiger partial charge in [0.25, 0.3) is 0 Å². The standard InChI is InChI=1S/C18H26N2/c1-2-3-4-5-6-7-11-16(19)18-14-13-15-10-8-9-12-17(15)20-18/h8-10,12-14,16H,2-7,11,19H2,1H3. The summed E-state index contributed by atoms with van der Waals surface area (Å²) in [6.07, 6.45) is 8.91. The van der Waals surface area contributed by atoms with E-state index in [0.717, 1.165) is 17.6 Å². The maximum atomic E-state index is 6.26. The number of hydrogen-bond acceptors (Lipinski definition) is 2. The first-order valence-electron chi connectivity index (χ1n) is 7.92. The lowest BCUT2D eigenvalue weighted by molar-refractivity contribution is 0.542. The highest BCUT2D eigenvalue weighted by atomic mass is 14.8. The minimum atomic E-state index is 0.0748. The van der Waals surface area contributed by atoms with Crippen molar-refractivity contribution in [2.75, 3.05) is 0 Å². The molecule has 1 heterocycles. The SMILES string of the molecule is CCCCCCCCC(N)c1ccc2ccccc2n1. The van der Waals surface area contributed by atoms with Crippen LogP contribution in [-0.4, -0.2) is 4.98 Å². The molecule has 0 aliphatic carbocycles. The molecule has 1 aromatic heterocycles. The van der Waals surface area contributed by atoms with E-state index < -0.39 is 0 Å². The van der Waals surface area contributed by atoms with Gasteiger partial charge in [-0.3, -0.25) is 4.98 Å². The van der Waals surface area contributed by atoms with Crippen LogP contribution in [0, 0.1) is 0 Å². The fourth-order valence-corrected chi connectivity index (χ4v) is 2.58. The van der Waals surface area contributed by atoms with Crippen LogP contribution in [0.4, 0.5) is 0 Å². The number of nitrogens with two attached hydrogens (primary N) is 1. The zero-order chi connectivity index (χ0) is 14.2. The lowest BCUT2D eigenvalue weighted by atomic mass is 10.0. The van der Waals surface area contributed by atoms with E-state index in [2.05, 4.69) is 36.2 Å². The summed E-state index contributed by atoms with van der Waals surface area (Å²) in [6.45, 7) is 2.25. The number of fused-ring (bicyclic) bond motifs is 1. The normalized spacial score (nSPS) is 12.7. The number of nitrogens with zero attached hydrogens (tertiary/aromatic N) is 1. The van der Waals surface area contributed by atoms with Gasteiger partial charge in [0.2, 0.25) is 0 Å². The van der Waals surface area contributed by atoms with Crippen LogP contribution in [0.5, 0.6) is 0 Å². The summed E-state index contributed by atoms with van der Waals surface area (Å²) in [5.74, 6) is 0. The van der Waals surface area contributed by atoms with Gasteiger partial charge in [0.15, 0.2) is 0 Å². The molecule has 0 saturated carbocycles. The van der Waals surface area contributed by atoms with Crippen molar-refractivity contribution in [1.29, 1.82) is 0 Å². The zero-order valence-electron chi connectivity index (χ0n) is 12.5. The number of hydrogen-bond donors (Lipinski definition) is 1. The molecule has 0 saturated heterocycles. The smallest absolute Gasteiger partial charge is 0.0706 e. The highest BCUT2D eigenvalue weighted by molar-refractivity contribution is 5.78. The quantitative estimate of drug-likeness (QED) is 0.687. The fraction of sp³-hybridized carbons (Fsp3) is 0.500. The molecule has 108 valence electrons. The van der Waals surface area contributed by atoms with Crippen molar-refractivity contribution in [3.63, 3.8) is 0 Å². The number of aromatic nitrogens is 1. The first-order chi connectivity index (χ1) is 9.81. The van der Waals surface area contributed by atoms with E-state index in [0.29, 0.717) is 0 Å². The Labute approximate surface area is 122 Å². The number of para-hydroxylation sites is 1. The molecule has 0 amide bonds. The van der Waals surface area contributed by atoms with Gasteiger partial charge in [-0.1, -0.05) is 69.7 Å². The molecule has 0 fully saturated rings. The lowest BCUT2D eigenvalue weighted by Gasteiger charge is -2.11. The van der Waals surface area contributed by atoms with Crippen molar-refractivity contribution in [2.24, 2.45) is 5.73 Å². The molecule has 2 nitrogen and oxygen atoms in total. The Kier molecular flexibility index (Phi) is 6.00. The van der Waals surface area contributed by atoms with Gasteiger partial charge in [-0.25, -0.2) is 0 Å². The molecule has 0 radical (unpaired) electrons. The summed E-state index contributed by atoms with van der Waals surface area (Å²) >= 11 is 0. The third kappa shape index (κ3) is 4.31. The minimum Gasteiger partial charge on any atom is -0.323 e. The Morgan fingerprint density at radius 2 is 1.70 bits per heavy atom. The zero-order valence-corrected chi connectivity index (χ0v) is 12.5. The topological polar surface area (TPSA) is 38.9 Å². The Hall–Kier alpha value is -1.41. The summed E-state index contributed by atoms with van der Waals surface area (Å²) in [4.78, 5) is 4.68. The molecular weight excluding hydrogens is 244 g/mol. The first-order valence-corrected chi connectivity index (χ1v) is 7.92.